The van der Waals surface area contributed by atoms with Gasteiger partial charge in [-0.2, -0.15) is 0 Å². The fourth-order valence-electron chi connectivity index (χ4n) is 10.3. The number of hydrogen-bond acceptors (Lipinski definition) is 2. The van der Waals surface area contributed by atoms with Gasteiger partial charge < -0.3 is 4.90 Å². The fourth-order valence-corrected chi connectivity index (χ4v) is 11.4. The second-order valence-electron chi connectivity index (χ2n) is 16.3. The lowest BCUT2D eigenvalue weighted by atomic mass is 9.68. The summed E-state index contributed by atoms with van der Waals surface area (Å²) in [5, 5.41) is 2.56. The summed E-state index contributed by atoms with van der Waals surface area (Å²) >= 11 is 1.86. The first-order valence-electron chi connectivity index (χ1n) is 21.7. The molecule has 0 radical (unpaired) electrons. The summed E-state index contributed by atoms with van der Waals surface area (Å²) in [6, 6.07) is 91.6. The van der Waals surface area contributed by atoms with Gasteiger partial charge >= 0.3 is 0 Å². The molecule has 63 heavy (non-hydrogen) atoms. The molecule has 1 aliphatic rings. The SMILES string of the molecule is c1ccc(-c2ccccc2-c2ccccc2-c2ccccc2N(c2ccc3c(c2)-c2ccccc2C3(c2ccccc2)c2ccccc2)c2ccc3sc4ccccc4c3c2)cc1. The van der Waals surface area contributed by atoms with Gasteiger partial charge in [0, 0.05) is 37.1 Å². The van der Waals surface area contributed by atoms with Gasteiger partial charge in [-0.1, -0.05) is 206 Å². The number of rotatable bonds is 8. The molecule has 0 atom stereocenters. The van der Waals surface area contributed by atoms with Gasteiger partial charge in [0.25, 0.3) is 0 Å². The fraction of sp³-hybridized carbons (Fsp3) is 0.0164. The van der Waals surface area contributed by atoms with Gasteiger partial charge in [0.05, 0.1) is 11.1 Å². The summed E-state index contributed by atoms with van der Waals surface area (Å²) in [4.78, 5) is 2.50. The average molecular weight is 820 g/mol. The molecule has 10 aromatic carbocycles. The third-order valence-corrected chi connectivity index (χ3v) is 14.1. The van der Waals surface area contributed by atoms with E-state index in [0.717, 1.165) is 22.6 Å². The maximum Gasteiger partial charge on any atom is 0.0713 e. The van der Waals surface area contributed by atoms with Gasteiger partial charge in [0.1, 0.15) is 0 Å². The van der Waals surface area contributed by atoms with Gasteiger partial charge in [0.2, 0.25) is 0 Å². The van der Waals surface area contributed by atoms with Crippen molar-refractivity contribution in [3.63, 3.8) is 0 Å². The molecule has 1 heterocycles. The predicted octanol–water partition coefficient (Wildman–Crippen LogP) is 16.9. The van der Waals surface area contributed by atoms with Crippen LogP contribution in [0.4, 0.5) is 17.1 Å². The molecule has 0 bridgehead atoms. The van der Waals surface area contributed by atoms with Crippen molar-refractivity contribution < 1.29 is 0 Å². The minimum Gasteiger partial charge on any atom is -0.310 e. The molecule has 0 saturated heterocycles. The zero-order valence-electron chi connectivity index (χ0n) is 34.5. The van der Waals surface area contributed by atoms with Crippen LogP contribution >= 0.6 is 11.3 Å². The number of anilines is 3. The highest BCUT2D eigenvalue weighted by Crippen LogP contribution is 2.57. The van der Waals surface area contributed by atoms with Crippen molar-refractivity contribution in [1.82, 2.24) is 0 Å². The number of thiophene rings is 1. The second-order valence-corrected chi connectivity index (χ2v) is 17.4. The Morgan fingerprint density at radius 3 is 1.49 bits per heavy atom. The van der Waals surface area contributed by atoms with Gasteiger partial charge in [-0.15, -0.1) is 11.3 Å². The molecule has 0 aliphatic heterocycles. The second kappa shape index (κ2) is 15.3. The van der Waals surface area contributed by atoms with Gasteiger partial charge in [0.15, 0.2) is 0 Å². The first-order chi connectivity index (χ1) is 31.3. The normalized spacial score (nSPS) is 12.6. The molecule has 0 unspecified atom stereocenters. The lowest BCUT2D eigenvalue weighted by molar-refractivity contribution is 0.768. The first-order valence-corrected chi connectivity index (χ1v) is 22.5. The Kier molecular flexibility index (Phi) is 8.98. The Hall–Kier alpha value is -7.78. The number of para-hydroxylation sites is 1. The summed E-state index contributed by atoms with van der Waals surface area (Å²) in [5.41, 5.74) is 17.7. The third kappa shape index (κ3) is 5.98. The molecule has 1 nitrogen and oxygen atoms in total. The molecule has 0 spiro atoms. The monoisotopic (exact) mass is 819 g/mol. The van der Waals surface area contributed by atoms with E-state index in [4.69, 9.17) is 0 Å². The van der Waals surface area contributed by atoms with E-state index in [0.29, 0.717) is 0 Å². The molecule has 0 amide bonds. The van der Waals surface area contributed by atoms with Crippen molar-refractivity contribution in [3.05, 3.63) is 271 Å². The topological polar surface area (TPSA) is 3.24 Å². The van der Waals surface area contributed by atoms with Crippen LogP contribution in [0.5, 0.6) is 0 Å². The molecule has 2 heteroatoms. The molecule has 0 N–H and O–H groups in total. The minimum atomic E-state index is -0.477. The highest BCUT2D eigenvalue weighted by atomic mass is 32.1. The molecule has 0 fully saturated rings. The van der Waals surface area contributed by atoms with Crippen LogP contribution in [-0.2, 0) is 5.41 Å². The Balaban J connectivity index is 1.11. The van der Waals surface area contributed by atoms with E-state index in [-0.39, 0.29) is 0 Å². The smallest absolute Gasteiger partial charge is 0.0713 e. The molecular weight excluding hydrogens is 779 g/mol. The van der Waals surface area contributed by atoms with E-state index in [1.807, 2.05) is 11.3 Å². The largest absolute Gasteiger partial charge is 0.310 e. The van der Waals surface area contributed by atoms with E-state index in [9.17, 15) is 0 Å². The van der Waals surface area contributed by atoms with Crippen molar-refractivity contribution in [2.45, 2.75) is 5.41 Å². The summed E-state index contributed by atoms with van der Waals surface area (Å²) < 4.78 is 2.59. The number of nitrogens with zero attached hydrogens (tertiary/aromatic N) is 1. The van der Waals surface area contributed by atoms with Crippen LogP contribution in [0.2, 0.25) is 0 Å². The molecule has 1 aromatic heterocycles. The lowest BCUT2D eigenvalue weighted by Gasteiger charge is -2.34. The van der Waals surface area contributed by atoms with Crippen LogP contribution < -0.4 is 4.90 Å². The number of benzene rings is 10. The van der Waals surface area contributed by atoms with E-state index in [1.165, 1.54) is 81.4 Å². The molecule has 1 aliphatic carbocycles. The summed E-state index contributed by atoms with van der Waals surface area (Å²) in [5.74, 6) is 0. The van der Waals surface area contributed by atoms with Crippen molar-refractivity contribution in [2.24, 2.45) is 0 Å². The first kappa shape index (κ1) is 37.0. The van der Waals surface area contributed by atoms with E-state index < -0.39 is 5.41 Å². The van der Waals surface area contributed by atoms with Crippen LogP contribution in [0.25, 0.3) is 64.7 Å². The van der Waals surface area contributed by atoms with Crippen LogP contribution in [0.3, 0.4) is 0 Å². The maximum atomic E-state index is 2.50. The summed E-state index contributed by atoms with van der Waals surface area (Å²) in [7, 11) is 0. The molecular formula is C61H41NS. The average Bonchev–Trinajstić information content (AvgIpc) is 3.88. The maximum absolute atomic E-state index is 2.50. The van der Waals surface area contributed by atoms with Crippen molar-refractivity contribution in [3.8, 4) is 44.5 Å². The Bertz CT molecular complexity index is 3420. The molecule has 12 rings (SSSR count). The van der Waals surface area contributed by atoms with Crippen LogP contribution in [0.1, 0.15) is 22.3 Å². The lowest BCUT2D eigenvalue weighted by Crippen LogP contribution is -2.28. The quantitative estimate of drug-likeness (QED) is 0.148. The van der Waals surface area contributed by atoms with E-state index >= 15 is 0 Å². The Morgan fingerprint density at radius 1 is 0.302 bits per heavy atom. The standard InChI is InChI=1S/C61H41NS/c1-4-20-42(21-5-1)47-26-10-11-27-48(47)49-28-12-13-29-50(49)52-31-15-18-34-58(52)62(46-37-39-60-55(41-46)53-32-16-19-35-59(53)63-60)45-36-38-57-54(40-45)51-30-14-17-33-56(51)61(57,43-22-6-2-7-23-43)44-24-8-3-9-25-44/h1-41H. The van der Waals surface area contributed by atoms with Crippen molar-refractivity contribution in [1.29, 1.82) is 0 Å². The number of hydrogen-bond donors (Lipinski definition) is 0. The Labute approximate surface area is 372 Å². The zero-order chi connectivity index (χ0) is 41.7. The summed E-state index contributed by atoms with van der Waals surface area (Å²) in [6.07, 6.45) is 0. The van der Waals surface area contributed by atoms with Crippen molar-refractivity contribution >= 4 is 48.6 Å². The van der Waals surface area contributed by atoms with Gasteiger partial charge in [-0.25, -0.2) is 0 Å². The number of fused-ring (bicyclic) bond motifs is 6. The van der Waals surface area contributed by atoms with Crippen LogP contribution in [0, 0.1) is 0 Å². The molecule has 0 saturated carbocycles. The molecule has 296 valence electrons. The van der Waals surface area contributed by atoms with E-state index in [2.05, 4.69) is 254 Å². The predicted molar refractivity (Wildman–Crippen MR) is 268 cm³/mol. The van der Waals surface area contributed by atoms with Crippen LogP contribution in [-0.4, -0.2) is 0 Å². The van der Waals surface area contributed by atoms with Crippen LogP contribution in [0.15, 0.2) is 249 Å². The highest BCUT2D eigenvalue weighted by Gasteiger charge is 2.46. The van der Waals surface area contributed by atoms with E-state index in [1.54, 1.807) is 0 Å². The Morgan fingerprint density at radius 2 is 0.778 bits per heavy atom. The highest BCUT2D eigenvalue weighted by molar-refractivity contribution is 7.25. The summed E-state index contributed by atoms with van der Waals surface area (Å²) in [6.45, 7) is 0. The minimum absolute atomic E-state index is 0.477. The van der Waals surface area contributed by atoms with Crippen molar-refractivity contribution in [2.75, 3.05) is 4.90 Å². The zero-order valence-corrected chi connectivity index (χ0v) is 35.3. The molecule has 11 aromatic rings. The van der Waals surface area contributed by atoms with Gasteiger partial charge in [-0.05, 0) is 104 Å². The van der Waals surface area contributed by atoms with Gasteiger partial charge in [-0.3, -0.25) is 0 Å². The third-order valence-electron chi connectivity index (χ3n) is 13.0.